The highest BCUT2D eigenvalue weighted by Crippen LogP contribution is 2.30. The molecule has 1 aromatic carbocycles. The Labute approximate surface area is 169 Å². The zero-order valence-electron chi connectivity index (χ0n) is 16.4. The highest BCUT2D eigenvalue weighted by Gasteiger charge is 2.29. The lowest BCUT2D eigenvalue weighted by Gasteiger charge is -2.30. The maximum atomic E-state index is 14.6. The number of rotatable bonds is 4. The summed E-state index contributed by atoms with van der Waals surface area (Å²) in [4.78, 5) is 0. The molecule has 3 heterocycles. The topological polar surface area (TPSA) is 80.1 Å². The Morgan fingerprint density at radius 1 is 1.07 bits per heavy atom. The van der Waals surface area contributed by atoms with E-state index in [1.165, 1.54) is 10.4 Å². The number of halogens is 2. The van der Waals surface area contributed by atoms with Crippen LogP contribution in [0, 0.1) is 17.6 Å². The fraction of sp³-hybridized carbons (Fsp3) is 0.579. The van der Waals surface area contributed by atoms with E-state index in [-0.39, 0.29) is 17.2 Å². The number of benzene rings is 1. The van der Waals surface area contributed by atoms with E-state index < -0.39 is 21.8 Å². The molecule has 1 atom stereocenters. The Bertz CT molecular complexity index is 1010. The van der Waals surface area contributed by atoms with Gasteiger partial charge in [0.1, 0.15) is 17.5 Å². The lowest BCUT2D eigenvalue weighted by atomic mass is 10.0. The van der Waals surface area contributed by atoms with E-state index in [1.54, 1.807) is 0 Å². The molecule has 1 unspecified atom stereocenters. The van der Waals surface area contributed by atoms with Gasteiger partial charge in [-0.3, -0.25) is 4.72 Å². The smallest absolute Gasteiger partial charge is 0.301 e. The molecule has 0 spiro atoms. The minimum Gasteiger partial charge on any atom is -0.311 e. The molecular weight excluding hydrogens is 400 g/mol. The van der Waals surface area contributed by atoms with Crippen LogP contribution in [0.5, 0.6) is 0 Å². The summed E-state index contributed by atoms with van der Waals surface area (Å²) in [5, 5.41) is 8.25. The summed E-state index contributed by atoms with van der Waals surface area (Å²) in [5.41, 5.74) is -0.248. The lowest BCUT2D eigenvalue weighted by molar-refractivity contribution is 0.282. The van der Waals surface area contributed by atoms with E-state index in [9.17, 15) is 17.2 Å². The van der Waals surface area contributed by atoms with Gasteiger partial charge in [-0.2, -0.15) is 12.7 Å². The van der Waals surface area contributed by atoms with E-state index >= 15 is 0 Å². The molecule has 4 rings (SSSR count). The third-order valence-corrected chi connectivity index (χ3v) is 7.10. The second-order valence-electron chi connectivity index (χ2n) is 7.93. The predicted octanol–water partition coefficient (Wildman–Crippen LogP) is 3.34. The van der Waals surface area contributed by atoms with Gasteiger partial charge in [0.2, 0.25) is 0 Å². The maximum absolute atomic E-state index is 14.6. The van der Waals surface area contributed by atoms with Crippen LogP contribution < -0.4 is 4.72 Å². The number of nitrogens with zero attached hydrogens (tertiary/aromatic N) is 4. The average molecular weight is 426 g/mol. The lowest BCUT2D eigenvalue weighted by Crippen LogP contribution is -2.42. The third kappa shape index (κ3) is 4.13. The highest BCUT2D eigenvalue weighted by atomic mass is 32.2. The molecule has 7 nitrogen and oxygen atoms in total. The van der Waals surface area contributed by atoms with Crippen molar-refractivity contribution in [1.82, 2.24) is 19.1 Å². The van der Waals surface area contributed by atoms with Gasteiger partial charge < -0.3 is 4.57 Å². The van der Waals surface area contributed by atoms with Crippen LogP contribution in [-0.4, -0.2) is 40.6 Å². The van der Waals surface area contributed by atoms with Gasteiger partial charge in [0.05, 0.1) is 11.3 Å². The molecule has 158 valence electrons. The first-order valence-corrected chi connectivity index (χ1v) is 11.5. The van der Waals surface area contributed by atoms with Crippen LogP contribution in [0.3, 0.4) is 0 Å². The quantitative estimate of drug-likeness (QED) is 0.815. The normalized spacial score (nSPS) is 20.9. The number of fused-ring (bicyclic) bond motifs is 1. The molecule has 1 saturated heterocycles. The molecule has 0 amide bonds. The molecule has 2 aliphatic rings. The van der Waals surface area contributed by atoms with E-state index in [0.29, 0.717) is 31.5 Å². The first-order valence-electron chi connectivity index (χ1n) is 10.0. The van der Waals surface area contributed by atoms with Crippen molar-refractivity contribution in [3.05, 3.63) is 29.6 Å². The third-order valence-electron chi connectivity index (χ3n) is 5.61. The monoisotopic (exact) mass is 425 g/mol. The Morgan fingerprint density at radius 3 is 2.69 bits per heavy atom. The predicted molar refractivity (Wildman–Crippen MR) is 105 cm³/mol. The molecule has 29 heavy (non-hydrogen) atoms. The van der Waals surface area contributed by atoms with Crippen molar-refractivity contribution in [2.45, 2.75) is 52.0 Å². The number of nitrogens with one attached hydrogen (secondary N) is 1. The van der Waals surface area contributed by atoms with Crippen molar-refractivity contribution in [2.75, 3.05) is 17.8 Å². The van der Waals surface area contributed by atoms with E-state index in [2.05, 4.69) is 14.9 Å². The number of aryl methyl sites for hydroxylation is 1. The fourth-order valence-electron chi connectivity index (χ4n) is 4.05. The van der Waals surface area contributed by atoms with E-state index in [1.807, 2.05) is 11.5 Å². The van der Waals surface area contributed by atoms with Gasteiger partial charge in [-0.15, -0.1) is 10.2 Å². The summed E-state index contributed by atoms with van der Waals surface area (Å²) in [6, 6.07) is 1.88. The Hall–Kier alpha value is -2.07. The molecule has 1 N–H and O–H groups in total. The molecular formula is C19H25F2N5O2S. The van der Waals surface area contributed by atoms with Crippen LogP contribution >= 0.6 is 0 Å². The summed E-state index contributed by atoms with van der Waals surface area (Å²) in [6.45, 7) is 3.40. The minimum atomic E-state index is -3.94. The number of hydrogen-bond acceptors (Lipinski definition) is 4. The molecule has 0 aliphatic carbocycles. The second kappa shape index (κ2) is 7.98. The van der Waals surface area contributed by atoms with Gasteiger partial charge in [0.25, 0.3) is 0 Å². The van der Waals surface area contributed by atoms with Gasteiger partial charge in [-0.1, -0.05) is 13.3 Å². The largest absolute Gasteiger partial charge is 0.311 e. The van der Waals surface area contributed by atoms with Gasteiger partial charge in [-0.25, -0.2) is 8.78 Å². The molecule has 2 aromatic rings. The number of aromatic nitrogens is 3. The van der Waals surface area contributed by atoms with Crippen molar-refractivity contribution in [3.8, 4) is 11.4 Å². The van der Waals surface area contributed by atoms with E-state index in [0.717, 1.165) is 44.3 Å². The van der Waals surface area contributed by atoms with Gasteiger partial charge >= 0.3 is 10.2 Å². The molecule has 10 heteroatoms. The van der Waals surface area contributed by atoms with Crippen molar-refractivity contribution in [3.63, 3.8) is 0 Å². The van der Waals surface area contributed by atoms with Gasteiger partial charge in [-0.05, 0) is 37.7 Å². The van der Waals surface area contributed by atoms with Crippen LogP contribution in [0.2, 0.25) is 0 Å². The van der Waals surface area contributed by atoms with Gasteiger partial charge in [0, 0.05) is 32.1 Å². The minimum absolute atomic E-state index is 0.0387. The SMILES string of the molecule is CC1CCCN(S(=O)(=O)Nc2cc(-c3nnc4n3CCCCC4)c(F)cc2F)C1. The van der Waals surface area contributed by atoms with Crippen molar-refractivity contribution >= 4 is 15.9 Å². The average Bonchev–Trinajstić information content (AvgIpc) is 2.91. The van der Waals surface area contributed by atoms with Gasteiger partial charge in [0.15, 0.2) is 5.82 Å². The molecule has 0 radical (unpaired) electrons. The fourth-order valence-corrected chi connectivity index (χ4v) is 5.43. The second-order valence-corrected chi connectivity index (χ2v) is 9.60. The van der Waals surface area contributed by atoms with Crippen LogP contribution in [0.1, 0.15) is 44.9 Å². The van der Waals surface area contributed by atoms with Crippen molar-refractivity contribution in [2.24, 2.45) is 5.92 Å². The Balaban J connectivity index is 1.67. The number of hydrogen-bond donors (Lipinski definition) is 1. The first-order chi connectivity index (χ1) is 13.8. The zero-order valence-corrected chi connectivity index (χ0v) is 17.2. The standard InChI is InChI=1S/C19H25F2N5O2S/c1-13-6-5-8-25(12-13)29(27,28)24-17-10-14(15(20)11-16(17)21)19-23-22-18-7-3-2-4-9-26(18)19/h10-11,13,24H,2-9,12H2,1H3. The zero-order chi connectivity index (χ0) is 20.6. The summed E-state index contributed by atoms with van der Waals surface area (Å²) < 4.78 is 59.9. The summed E-state index contributed by atoms with van der Waals surface area (Å²) in [5.74, 6) is -0.454. The molecule has 1 fully saturated rings. The number of anilines is 1. The van der Waals surface area contributed by atoms with Crippen LogP contribution in [0.4, 0.5) is 14.5 Å². The Morgan fingerprint density at radius 2 is 1.90 bits per heavy atom. The van der Waals surface area contributed by atoms with Crippen molar-refractivity contribution in [1.29, 1.82) is 0 Å². The first kappa shape index (κ1) is 20.2. The van der Waals surface area contributed by atoms with E-state index in [4.69, 9.17) is 0 Å². The van der Waals surface area contributed by atoms with Crippen LogP contribution in [-0.2, 0) is 23.2 Å². The van der Waals surface area contributed by atoms with Crippen molar-refractivity contribution < 1.29 is 17.2 Å². The van der Waals surface area contributed by atoms with Crippen LogP contribution in [0.15, 0.2) is 12.1 Å². The molecule has 0 saturated carbocycles. The number of piperidine rings is 1. The molecule has 1 aromatic heterocycles. The highest BCUT2D eigenvalue weighted by molar-refractivity contribution is 7.90. The van der Waals surface area contributed by atoms with Crippen LogP contribution in [0.25, 0.3) is 11.4 Å². The Kier molecular flexibility index (Phi) is 5.56. The summed E-state index contributed by atoms with van der Waals surface area (Å²) in [6.07, 6.45) is 5.43. The summed E-state index contributed by atoms with van der Waals surface area (Å²) in [7, 11) is -3.94. The summed E-state index contributed by atoms with van der Waals surface area (Å²) >= 11 is 0. The maximum Gasteiger partial charge on any atom is 0.301 e. The molecule has 2 aliphatic heterocycles. The molecule has 0 bridgehead atoms.